The number of carbonyl (C=O) groups excluding carboxylic acids is 1. The van der Waals surface area contributed by atoms with Gasteiger partial charge in [-0.1, -0.05) is 30.8 Å². The lowest BCUT2D eigenvalue weighted by atomic mass is 10.1. The molecule has 2 aromatic carbocycles. The summed E-state index contributed by atoms with van der Waals surface area (Å²) in [6.07, 6.45) is 2.59. The SMILES string of the molecule is CCC1CSC(=Nc2cccc(C)c2)N1C(=O)c1ccc2c(=O)n3c(nc2c1)CCC3. The maximum atomic E-state index is 13.6. The summed E-state index contributed by atoms with van der Waals surface area (Å²) in [6.45, 7) is 4.84. The third kappa shape index (κ3) is 3.57. The fourth-order valence-corrected chi connectivity index (χ4v) is 5.54. The fraction of sp³-hybridized carbons (Fsp3) is 0.333. The van der Waals surface area contributed by atoms with Crippen LogP contribution in [0, 0.1) is 6.92 Å². The number of hydrogen-bond acceptors (Lipinski definition) is 5. The molecule has 158 valence electrons. The van der Waals surface area contributed by atoms with Crippen molar-refractivity contribution in [2.24, 2.45) is 4.99 Å². The van der Waals surface area contributed by atoms with Gasteiger partial charge in [0.15, 0.2) is 5.17 Å². The second-order valence-electron chi connectivity index (χ2n) is 8.10. The molecule has 1 saturated heterocycles. The first-order chi connectivity index (χ1) is 15.0. The standard InChI is InChI=1S/C24H24N4O2S/c1-3-18-14-31-24(25-17-7-4-6-15(2)12-17)28(18)22(29)16-9-10-19-20(13-16)26-21-8-5-11-27(21)23(19)30/h4,6-7,9-10,12-13,18H,3,5,8,11,14H2,1-2H3. The molecule has 0 saturated carbocycles. The van der Waals surface area contributed by atoms with Crippen molar-refractivity contribution in [3.63, 3.8) is 0 Å². The first kappa shape index (κ1) is 20.0. The highest BCUT2D eigenvalue weighted by Crippen LogP contribution is 2.31. The number of rotatable bonds is 3. The minimum atomic E-state index is -0.0902. The van der Waals surface area contributed by atoms with Crippen molar-refractivity contribution in [1.82, 2.24) is 14.5 Å². The molecule has 6 nitrogen and oxygen atoms in total. The molecule has 5 rings (SSSR count). The summed E-state index contributed by atoms with van der Waals surface area (Å²) in [5.41, 5.74) is 3.11. The molecule has 1 aromatic heterocycles. The highest BCUT2D eigenvalue weighted by molar-refractivity contribution is 8.14. The second-order valence-corrected chi connectivity index (χ2v) is 9.09. The number of fused-ring (bicyclic) bond motifs is 2. The molecule has 0 N–H and O–H groups in total. The zero-order valence-corrected chi connectivity index (χ0v) is 18.5. The lowest BCUT2D eigenvalue weighted by Crippen LogP contribution is -2.39. The Bertz CT molecular complexity index is 1280. The Labute approximate surface area is 185 Å². The van der Waals surface area contributed by atoms with Crippen molar-refractivity contribution < 1.29 is 4.79 Å². The van der Waals surface area contributed by atoms with Crippen LogP contribution in [-0.4, -0.2) is 37.3 Å². The number of thioether (sulfide) groups is 1. The smallest absolute Gasteiger partial charge is 0.261 e. The number of hydrogen-bond donors (Lipinski definition) is 0. The maximum absolute atomic E-state index is 13.6. The minimum absolute atomic E-state index is 0.0126. The Balaban J connectivity index is 1.54. The Morgan fingerprint density at radius 2 is 2.13 bits per heavy atom. The average molecular weight is 433 g/mol. The topological polar surface area (TPSA) is 67.6 Å². The van der Waals surface area contributed by atoms with Crippen LogP contribution < -0.4 is 5.56 Å². The van der Waals surface area contributed by atoms with E-state index in [0.717, 1.165) is 53.8 Å². The van der Waals surface area contributed by atoms with Crippen molar-refractivity contribution in [2.75, 3.05) is 5.75 Å². The zero-order valence-electron chi connectivity index (χ0n) is 17.7. The molecule has 0 aliphatic carbocycles. The molecule has 1 atom stereocenters. The van der Waals surface area contributed by atoms with Gasteiger partial charge in [0, 0.05) is 30.3 Å². The number of aliphatic imine (C=N–C) groups is 1. The molecular formula is C24H24N4O2S. The zero-order chi connectivity index (χ0) is 21.5. The second kappa shape index (κ2) is 7.96. The molecular weight excluding hydrogens is 408 g/mol. The fourth-order valence-electron chi connectivity index (χ4n) is 4.27. The Morgan fingerprint density at radius 3 is 2.94 bits per heavy atom. The number of nitrogens with zero attached hydrogens (tertiary/aromatic N) is 4. The quantitative estimate of drug-likeness (QED) is 0.619. The van der Waals surface area contributed by atoms with Gasteiger partial charge in [-0.15, -0.1) is 0 Å². The van der Waals surface area contributed by atoms with Crippen LogP contribution in [0.15, 0.2) is 52.3 Å². The van der Waals surface area contributed by atoms with Gasteiger partial charge < -0.3 is 0 Å². The third-order valence-electron chi connectivity index (χ3n) is 5.96. The molecule has 0 spiro atoms. The van der Waals surface area contributed by atoms with Crippen LogP contribution in [0.1, 0.15) is 41.5 Å². The Hall–Kier alpha value is -2.93. The van der Waals surface area contributed by atoms with Gasteiger partial charge in [0.05, 0.1) is 16.6 Å². The molecule has 1 unspecified atom stereocenters. The van der Waals surface area contributed by atoms with Gasteiger partial charge in [-0.05, 0) is 55.7 Å². The molecule has 1 amide bonds. The minimum Gasteiger partial charge on any atom is -0.296 e. The summed E-state index contributed by atoms with van der Waals surface area (Å²) in [5, 5.41) is 1.29. The van der Waals surface area contributed by atoms with E-state index in [2.05, 4.69) is 11.9 Å². The van der Waals surface area contributed by atoms with E-state index in [9.17, 15) is 9.59 Å². The highest BCUT2D eigenvalue weighted by Gasteiger charge is 2.35. The van der Waals surface area contributed by atoms with Gasteiger partial charge in [-0.2, -0.15) is 0 Å². The maximum Gasteiger partial charge on any atom is 0.261 e. The van der Waals surface area contributed by atoms with E-state index in [4.69, 9.17) is 4.99 Å². The van der Waals surface area contributed by atoms with Gasteiger partial charge >= 0.3 is 0 Å². The van der Waals surface area contributed by atoms with Gasteiger partial charge in [0.1, 0.15) is 5.82 Å². The lowest BCUT2D eigenvalue weighted by Gasteiger charge is -2.23. The van der Waals surface area contributed by atoms with Crippen molar-refractivity contribution in [3.8, 4) is 0 Å². The van der Waals surface area contributed by atoms with Gasteiger partial charge in [0.25, 0.3) is 11.5 Å². The summed E-state index contributed by atoms with van der Waals surface area (Å²) >= 11 is 1.62. The average Bonchev–Trinajstić information content (AvgIpc) is 3.40. The van der Waals surface area contributed by atoms with E-state index in [-0.39, 0.29) is 17.5 Å². The summed E-state index contributed by atoms with van der Waals surface area (Å²) in [6, 6.07) is 13.3. The largest absolute Gasteiger partial charge is 0.296 e. The molecule has 2 aliphatic rings. The normalized spacial score (nSPS) is 19.4. The number of amides is 1. The van der Waals surface area contributed by atoms with Gasteiger partial charge in [0.2, 0.25) is 0 Å². The first-order valence-corrected chi connectivity index (χ1v) is 11.7. The van der Waals surface area contributed by atoms with Crippen molar-refractivity contribution in [3.05, 3.63) is 69.8 Å². The van der Waals surface area contributed by atoms with Crippen LogP contribution in [0.2, 0.25) is 0 Å². The van der Waals surface area contributed by atoms with Crippen LogP contribution in [-0.2, 0) is 13.0 Å². The first-order valence-electron chi connectivity index (χ1n) is 10.7. The summed E-state index contributed by atoms with van der Waals surface area (Å²) in [4.78, 5) is 37.6. The number of aromatic nitrogens is 2. The summed E-state index contributed by atoms with van der Waals surface area (Å²) < 4.78 is 1.75. The number of aryl methyl sites for hydroxylation is 2. The van der Waals surface area contributed by atoms with E-state index in [0.29, 0.717) is 16.5 Å². The molecule has 3 heterocycles. The Kier molecular flexibility index (Phi) is 5.14. The molecule has 0 radical (unpaired) electrons. The van der Waals surface area contributed by atoms with E-state index in [1.807, 2.05) is 36.1 Å². The number of carbonyl (C=O) groups is 1. The van der Waals surface area contributed by atoms with E-state index < -0.39 is 0 Å². The summed E-state index contributed by atoms with van der Waals surface area (Å²) in [5.74, 6) is 1.55. The van der Waals surface area contributed by atoms with E-state index in [1.54, 1.807) is 34.5 Å². The lowest BCUT2D eigenvalue weighted by molar-refractivity contribution is 0.0819. The number of benzene rings is 2. The van der Waals surface area contributed by atoms with Crippen molar-refractivity contribution in [1.29, 1.82) is 0 Å². The predicted octanol–water partition coefficient (Wildman–Crippen LogP) is 4.31. The highest BCUT2D eigenvalue weighted by atomic mass is 32.2. The third-order valence-corrected chi connectivity index (χ3v) is 7.05. The predicted molar refractivity (Wildman–Crippen MR) is 125 cm³/mol. The van der Waals surface area contributed by atoms with Crippen LogP contribution in [0.3, 0.4) is 0 Å². The van der Waals surface area contributed by atoms with Crippen LogP contribution in [0.4, 0.5) is 5.69 Å². The van der Waals surface area contributed by atoms with Crippen LogP contribution in [0.25, 0.3) is 10.9 Å². The molecule has 3 aromatic rings. The van der Waals surface area contributed by atoms with Crippen LogP contribution in [0.5, 0.6) is 0 Å². The molecule has 31 heavy (non-hydrogen) atoms. The van der Waals surface area contributed by atoms with Crippen molar-refractivity contribution in [2.45, 2.75) is 45.7 Å². The van der Waals surface area contributed by atoms with E-state index in [1.165, 1.54) is 0 Å². The van der Waals surface area contributed by atoms with E-state index >= 15 is 0 Å². The van der Waals surface area contributed by atoms with Crippen molar-refractivity contribution >= 4 is 39.4 Å². The molecule has 2 aliphatic heterocycles. The van der Waals surface area contributed by atoms with Gasteiger partial charge in [-0.25, -0.2) is 9.98 Å². The Morgan fingerprint density at radius 1 is 1.26 bits per heavy atom. The summed E-state index contributed by atoms with van der Waals surface area (Å²) in [7, 11) is 0. The van der Waals surface area contributed by atoms with Crippen LogP contribution >= 0.6 is 11.8 Å². The molecule has 7 heteroatoms. The van der Waals surface area contributed by atoms with Gasteiger partial charge in [-0.3, -0.25) is 19.1 Å². The monoisotopic (exact) mass is 432 g/mol. The molecule has 1 fully saturated rings. The number of amidine groups is 1. The molecule has 0 bridgehead atoms.